The quantitative estimate of drug-likeness (QED) is 0.617. The first-order chi connectivity index (χ1) is 9.55. The van der Waals surface area contributed by atoms with Crippen LogP contribution in [0.5, 0.6) is 0 Å². The number of nitrogens with zero attached hydrogens (tertiary/aromatic N) is 2. The number of ether oxygens (including phenoxy) is 1. The molecule has 1 aliphatic heterocycles. The van der Waals surface area contributed by atoms with Crippen LogP contribution in [0.25, 0.3) is 0 Å². The standard InChI is InChI=1S/C12H15N3O5/c16-11(17)12(2-5-20-6-3-12)8-14-9-1-4-13-7-10(9)15(18)19/h1,4,7H,2-3,5-6,8H2,(H,13,14)(H,16,17). The van der Waals surface area contributed by atoms with Gasteiger partial charge >= 0.3 is 11.7 Å². The maximum absolute atomic E-state index is 11.5. The first kappa shape index (κ1) is 14.2. The Balaban J connectivity index is 2.14. The number of nitro groups is 1. The van der Waals surface area contributed by atoms with E-state index in [1.54, 1.807) is 0 Å². The molecule has 1 aromatic rings. The van der Waals surface area contributed by atoms with E-state index in [1.165, 1.54) is 12.3 Å². The predicted molar refractivity (Wildman–Crippen MR) is 69.5 cm³/mol. The fourth-order valence-corrected chi connectivity index (χ4v) is 2.17. The molecule has 0 amide bonds. The topological polar surface area (TPSA) is 115 Å². The third-order valence-corrected chi connectivity index (χ3v) is 3.52. The van der Waals surface area contributed by atoms with Crippen molar-refractivity contribution in [2.24, 2.45) is 5.41 Å². The van der Waals surface area contributed by atoms with Crippen molar-refractivity contribution in [1.29, 1.82) is 0 Å². The van der Waals surface area contributed by atoms with Crippen molar-refractivity contribution in [1.82, 2.24) is 4.98 Å². The molecule has 1 aromatic heterocycles. The second kappa shape index (κ2) is 5.83. The highest BCUT2D eigenvalue weighted by Crippen LogP contribution is 2.32. The Hall–Kier alpha value is -2.22. The Morgan fingerprint density at radius 1 is 1.55 bits per heavy atom. The molecule has 1 saturated heterocycles. The Labute approximate surface area is 114 Å². The maximum Gasteiger partial charge on any atom is 0.311 e. The first-order valence-corrected chi connectivity index (χ1v) is 6.19. The molecule has 1 fully saturated rings. The molecule has 8 nitrogen and oxygen atoms in total. The number of carbonyl (C=O) groups is 1. The minimum atomic E-state index is -0.949. The van der Waals surface area contributed by atoms with Crippen LogP contribution in [-0.2, 0) is 9.53 Å². The lowest BCUT2D eigenvalue weighted by molar-refractivity contribution is -0.384. The molecule has 20 heavy (non-hydrogen) atoms. The average molecular weight is 281 g/mol. The van der Waals surface area contributed by atoms with E-state index >= 15 is 0 Å². The van der Waals surface area contributed by atoms with E-state index in [0.717, 1.165) is 6.20 Å². The molecule has 0 unspecified atom stereocenters. The third kappa shape index (κ3) is 2.85. The van der Waals surface area contributed by atoms with Crippen LogP contribution < -0.4 is 5.32 Å². The van der Waals surface area contributed by atoms with E-state index in [1.807, 2.05) is 0 Å². The molecule has 0 aliphatic carbocycles. The van der Waals surface area contributed by atoms with Crippen molar-refractivity contribution >= 4 is 17.3 Å². The molecule has 1 aliphatic rings. The number of aromatic nitrogens is 1. The Morgan fingerprint density at radius 3 is 2.85 bits per heavy atom. The highest BCUT2D eigenvalue weighted by molar-refractivity contribution is 5.76. The molecule has 108 valence electrons. The lowest BCUT2D eigenvalue weighted by atomic mass is 9.80. The zero-order chi connectivity index (χ0) is 14.6. The summed E-state index contributed by atoms with van der Waals surface area (Å²) >= 11 is 0. The van der Waals surface area contributed by atoms with Gasteiger partial charge in [0.25, 0.3) is 0 Å². The summed E-state index contributed by atoms with van der Waals surface area (Å²) in [4.78, 5) is 25.5. The van der Waals surface area contributed by atoms with Gasteiger partial charge in [-0.15, -0.1) is 0 Å². The lowest BCUT2D eigenvalue weighted by Gasteiger charge is -2.33. The molecular weight excluding hydrogens is 266 g/mol. The SMILES string of the molecule is O=C(O)C1(CNc2ccncc2[N+](=O)[O-])CCOCC1. The summed E-state index contributed by atoms with van der Waals surface area (Å²) in [5, 5.41) is 23.1. The van der Waals surface area contributed by atoms with Gasteiger partial charge in [-0.1, -0.05) is 0 Å². The van der Waals surface area contributed by atoms with E-state index in [0.29, 0.717) is 26.1 Å². The van der Waals surface area contributed by atoms with Crippen molar-refractivity contribution < 1.29 is 19.6 Å². The Kier molecular flexibility index (Phi) is 4.14. The average Bonchev–Trinajstić information content (AvgIpc) is 2.46. The minimum Gasteiger partial charge on any atom is -0.481 e. The van der Waals surface area contributed by atoms with Gasteiger partial charge in [-0.3, -0.25) is 19.9 Å². The summed E-state index contributed by atoms with van der Waals surface area (Å²) in [6.07, 6.45) is 3.33. The van der Waals surface area contributed by atoms with Crippen molar-refractivity contribution in [2.45, 2.75) is 12.8 Å². The highest BCUT2D eigenvalue weighted by atomic mass is 16.6. The summed E-state index contributed by atoms with van der Waals surface area (Å²) in [6.45, 7) is 0.884. The zero-order valence-corrected chi connectivity index (χ0v) is 10.7. The van der Waals surface area contributed by atoms with Gasteiger partial charge < -0.3 is 15.2 Å². The van der Waals surface area contributed by atoms with E-state index in [-0.39, 0.29) is 17.9 Å². The summed E-state index contributed by atoms with van der Waals surface area (Å²) in [7, 11) is 0. The molecule has 0 saturated carbocycles. The van der Waals surface area contributed by atoms with Crippen molar-refractivity contribution in [3.05, 3.63) is 28.6 Å². The molecular formula is C12H15N3O5. The number of rotatable bonds is 5. The molecule has 8 heteroatoms. The normalized spacial score (nSPS) is 17.4. The van der Waals surface area contributed by atoms with Crippen LogP contribution in [0.1, 0.15) is 12.8 Å². The van der Waals surface area contributed by atoms with Gasteiger partial charge in [0.15, 0.2) is 0 Å². The summed E-state index contributed by atoms with van der Waals surface area (Å²) in [5.74, 6) is -0.912. The summed E-state index contributed by atoms with van der Waals surface area (Å²) < 4.78 is 5.18. The second-order valence-corrected chi connectivity index (χ2v) is 4.70. The van der Waals surface area contributed by atoms with Crippen molar-refractivity contribution in [3.63, 3.8) is 0 Å². The number of carboxylic acids is 1. The van der Waals surface area contributed by atoms with Crippen LogP contribution in [0.4, 0.5) is 11.4 Å². The van der Waals surface area contributed by atoms with Gasteiger partial charge in [-0.25, -0.2) is 0 Å². The first-order valence-electron chi connectivity index (χ1n) is 6.19. The molecule has 0 spiro atoms. The smallest absolute Gasteiger partial charge is 0.311 e. The number of carboxylic acid groups (broad SMARTS) is 1. The summed E-state index contributed by atoms with van der Waals surface area (Å²) in [6, 6.07) is 1.47. The van der Waals surface area contributed by atoms with Crippen LogP contribution in [0, 0.1) is 15.5 Å². The van der Waals surface area contributed by atoms with Crippen molar-refractivity contribution in [2.75, 3.05) is 25.1 Å². The zero-order valence-electron chi connectivity index (χ0n) is 10.7. The van der Waals surface area contributed by atoms with Crippen molar-refractivity contribution in [3.8, 4) is 0 Å². The van der Waals surface area contributed by atoms with Gasteiger partial charge in [-0.05, 0) is 18.9 Å². The molecule has 2 heterocycles. The number of nitrogens with one attached hydrogen (secondary N) is 1. The van der Waals surface area contributed by atoms with Gasteiger partial charge in [0.2, 0.25) is 0 Å². The maximum atomic E-state index is 11.5. The van der Waals surface area contributed by atoms with Gasteiger partial charge in [-0.2, -0.15) is 0 Å². The molecule has 0 atom stereocenters. The number of hydrogen-bond acceptors (Lipinski definition) is 6. The number of anilines is 1. The third-order valence-electron chi connectivity index (χ3n) is 3.52. The highest BCUT2D eigenvalue weighted by Gasteiger charge is 2.40. The van der Waals surface area contributed by atoms with Gasteiger partial charge in [0, 0.05) is 26.0 Å². The van der Waals surface area contributed by atoms with E-state index in [2.05, 4.69) is 10.3 Å². The van der Waals surface area contributed by atoms with Crippen LogP contribution in [-0.4, -0.2) is 40.7 Å². The van der Waals surface area contributed by atoms with Crippen LogP contribution in [0.2, 0.25) is 0 Å². The molecule has 0 bridgehead atoms. The molecule has 2 N–H and O–H groups in total. The van der Waals surface area contributed by atoms with E-state index < -0.39 is 16.3 Å². The fourth-order valence-electron chi connectivity index (χ4n) is 2.17. The van der Waals surface area contributed by atoms with Gasteiger partial charge in [0.05, 0.1) is 10.3 Å². The lowest BCUT2D eigenvalue weighted by Crippen LogP contribution is -2.42. The van der Waals surface area contributed by atoms with Crippen LogP contribution in [0.15, 0.2) is 18.5 Å². The Bertz CT molecular complexity index is 514. The van der Waals surface area contributed by atoms with E-state index in [4.69, 9.17) is 4.74 Å². The van der Waals surface area contributed by atoms with E-state index in [9.17, 15) is 20.0 Å². The fraction of sp³-hybridized carbons (Fsp3) is 0.500. The monoisotopic (exact) mass is 281 g/mol. The number of hydrogen-bond donors (Lipinski definition) is 2. The molecule has 0 aromatic carbocycles. The summed E-state index contributed by atoms with van der Waals surface area (Å²) in [5.41, 5.74) is -0.840. The predicted octanol–water partition coefficient (Wildman–Crippen LogP) is 1.28. The van der Waals surface area contributed by atoms with Crippen LogP contribution >= 0.6 is 0 Å². The molecule has 2 rings (SSSR count). The van der Waals surface area contributed by atoms with Crippen LogP contribution in [0.3, 0.4) is 0 Å². The molecule has 0 radical (unpaired) electrons. The van der Waals surface area contributed by atoms with Gasteiger partial charge in [0.1, 0.15) is 11.9 Å². The second-order valence-electron chi connectivity index (χ2n) is 4.70. The minimum absolute atomic E-state index is 0.122. The number of aliphatic carboxylic acids is 1. The largest absolute Gasteiger partial charge is 0.481 e. The Morgan fingerprint density at radius 2 is 2.25 bits per heavy atom. The number of pyridine rings is 1.